The van der Waals surface area contributed by atoms with Crippen molar-refractivity contribution >= 4 is 22.3 Å². The van der Waals surface area contributed by atoms with E-state index in [-0.39, 0.29) is 35.6 Å². The van der Waals surface area contributed by atoms with Crippen LogP contribution in [0.4, 0.5) is 20.2 Å². The van der Waals surface area contributed by atoms with E-state index in [2.05, 4.69) is 4.98 Å². The van der Waals surface area contributed by atoms with E-state index in [1.807, 2.05) is 17.9 Å². The summed E-state index contributed by atoms with van der Waals surface area (Å²) in [6.07, 6.45) is -0.338. The highest BCUT2D eigenvalue weighted by Crippen LogP contribution is 2.41. The fraction of sp³-hybridized carbons (Fsp3) is 0.400. The molecule has 35 heavy (non-hydrogen) atoms. The molecule has 10 heteroatoms. The van der Waals surface area contributed by atoms with Gasteiger partial charge in [-0.15, -0.1) is 0 Å². The quantitative estimate of drug-likeness (QED) is 0.299. The van der Waals surface area contributed by atoms with Crippen LogP contribution in [0, 0.1) is 10.1 Å². The molecule has 0 amide bonds. The number of methoxy groups -OCH3 is 2. The summed E-state index contributed by atoms with van der Waals surface area (Å²) in [5.74, 6) is 1.17. The van der Waals surface area contributed by atoms with Crippen molar-refractivity contribution in [3.63, 3.8) is 0 Å². The van der Waals surface area contributed by atoms with Crippen LogP contribution in [0.1, 0.15) is 37.3 Å². The van der Waals surface area contributed by atoms with Crippen LogP contribution in [0.25, 0.3) is 10.9 Å². The number of rotatable bonds is 8. The van der Waals surface area contributed by atoms with Crippen LogP contribution >= 0.6 is 0 Å². The Labute approximate surface area is 201 Å². The first-order valence-electron chi connectivity index (χ1n) is 11.3. The Morgan fingerprint density at radius 3 is 2.69 bits per heavy atom. The van der Waals surface area contributed by atoms with Gasteiger partial charge in [0.15, 0.2) is 0 Å². The minimum Gasteiger partial charge on any atom is -0.497 e. The van der Waals surface area contributed by atoms with Gasteiger partial charge in [0, 0.05) is 41.8 Å². The molecule has 0 radical (unpaired) electrons. The Balaban J connectivity index is 1.93. The number of anilines is 1. The number of benzene rings is 2. The minimum absolute atomic E-state index is 0.0576. The first kappa shape index (κ1) is 24.6. The molecule has 1 aliphatic heterocycles. The molecule has 2 heterocycles. The summed E-state index contributed by atoms with van der Waals surface area (Å²) in [5.41, 5.74) is 0.983. The summed E-state index contributed by atoms with van der Waals surface area (Å²) in [5, 5.41) is 12.4. The minimum atomic E-state index is -2.72. The molecule has 0 N–H and O–H groups in total. The topological polar surface area (TPSA) is 87.0 Å². The molecule has 3 aromatic rings. The van der Waals surface area contributed by atoms with Crippen LogP contribution in [-0.4, -0.2) is 42.9 Å². The van der Waals surface area contributed by atoms with Gasteiger partial charge >= 0.3 is 5.69 Å². The van der Waals surface area contributed by atoms with Gasteiger partial charge in [0.25, 0.3) is 6.43 Å². The van der Waals surface area contributed by atoms with Crippen molar-refractivity contribution in [3.05, 3.63) is 63.8 Å². The van der Waals surface area contributed by atoms with Crippen LogP contribution in [0.3, 0.4) is 0 Å². The molecule has 1 fully saturated rings. The second-order valence-corrected chi connectivity index (χ2v) is 8.49. The number of nitro groups is 1. The van der Waals surface area contributed by atoms with Gasteiger partial charge in [0.05, 0.1) is 30.8 Å². The first-order valence-corrected chi connectivity index (χ1v) is 11.3. The molecular weight excluding hydrogens is 460 g/mol. The molecule has 0 spiro atoms. The Morgan fingerprint density at radius 1 is 1.23 bits per heavy atom. The van der Waals surface area contributed by atoms with Gasteiger partial charge in [-0.3, -0.25) is 10.1 Å². The Kier molecular flexibility index (Phi) is 7.30. The smallest absolute Gasteiger partial charge is 0.311 e. The number of hydrogen-bond donors (Lipinski definition) is 0. The number of aromatic nitrogens is 1. The van der Waals surface area contributed by atoms with Crippen LogP contribution in [0.5, 0.6) is 11.5 Å². The number of alkyl halides is 2. The number of halogens is 2. The summed E-state index contributed by atoms with van der Waals surface area (Å²) < 4.78 is 43.8. The number of hydrogen-bond acceptors (Lipinski definition) is 7. The summed E-state index contributed by atoms with van der Waals surface area (Å²) in [7, 11) is 3.09. The van der Waals surface area contributed by atoms with Gasteiger partial charge < -0.3 is 19.1 Å². The largest absolute Gasteiger partial charge is 0.497 e. The molecule has 1 saturated heterocycles. The van der Waals surface area contributed by atoms with Crippen molar-refractivity contribution in [1.29, 1.82) is 0 Å². The molecule has 1 aliphatic rings. The van der Waals surface area contributed by atoms with Crippen LogP contribution < -0.4 is 14.4 Å². The summed E-state index contributed by atoms with van der Waals surface area (Å²) in [4.78, 5) is 17.7. The van der Waals surface area contributed by atoms with E-state index in [4.69, 9.17) is 14.2 Å². The fourth-order valence-electron chi connectivity index (χ4n) is 4.57. The Hall–Kier alpha value is -3.53. The van der Waals surface area contributed by atoms with Gasteiger partial charge in [-0.1, -0.05) is 6.07 Å². The second-order valence-electron chi connectivity index (χ2n) is 8.49. The van der Waals surface area contributed by atoms with Crippen LogP contribution in [0.15, 0.2) is 42.6 Å². The molecular formula is C25H27F2N3O5. The lowest BCUT2D eigenvalue weighted by molar-refractivity contribution is -0.384. The third-order valence-electron chi connectivity index (χ3n) is 6.31. The SMILES string of the molecule is COc1ccc(CN(c2c([N+](=O)[O-])cnc3ccc(C(F)F)cc23)C2CCO[C@H](C)C2)c(OC)c1. The molecule has 2 atom stereocenters. The van der Waals surface area contributed by atoms with Gasteiger partial charge in [-0.2, -0.15) is 0 Å². The zero-order valence-electron chi connectivity index (χ0n) is 19.7. The second kappa shape index (κ2) is 10.4. The number of ether oxygens (including phenoxy) is 3. The Bertz CT molecular complexity index is 1220. The maximum atomic E-state index is 13.6. The third kappa shape index (κ3) is 5.12. The predicted molar refractivity (Wildman–Crippen MR) is 128 cm³/mol. The number of pyridine rings is 1. The van der Waals surface area contributed by atoms with Crippen molar-refractivity contribution in [1.82, 2.24) is 4.98 Å². The summed E-state index contributed by atoms with van der Waals surface area (Å²) in [6, 6.07) is 9.31. The van der Waals surface area contributed by atoms with E-state index in [1.165, 1.54) is 24.4 Å². The van der Waals surface area contributed by atoms with Gasteiger partial charge in [-0.25, -0.2) is 13.8 Å². The monoisotopic (exact) mass is 487 g/mol. The molecule has 186 valence electrons. The zero-order valence-corrected chi connectivity index (χ0v) is 19.7. The average Bonchev–Trinajstić information content (AvgIpc) is 2.86. The van der Waals surface area contributed by atoms with Crippen molar-refractivity contribution < 1.29 is 27.9 Å². The number of nitrogens with zero attached hydrogens (tertiary/aromatic N) is 3. The molecule has 1 unspecified atom stereocenters. The van der Waals surface area contributed by atoms with Crippen LogP contribution in [-0.2, 0) is 11.3 Å². The zero-order chi connectivity index (χ0) is 25.1. The van der Waals surface area contributed by atoms with Gasteiger partial charge in [0.1, 0.15) is 23.4 Å². The van der Waals surface area contributed by atoms with Crippen LogP contribution in [0.2, 0.25) is 0 Å². The number of fused-ring (bicyclic) bond motifs is 1. The van der Waals surface area contributed by atoms with E-state index in [9.17, 15) is 18.9 Å². The van der Waals surface area contributed by atoms with E-state index in [0.717, 1.165) is 5.56 Å². The molecule has 2 aromatic carbocycles. The lowest BCUT2D eigenvalue weighted by Crippen LogP contribution is -2.42. The van der Waals surface area contributed by atoms with Crippen molar-refractivity contribution in [2.45, 2.75) is 44.9 Å². The molecule has 0 aliphatic carbocycles. The standard InChI is InChI=1S/C25H27F2N3O5/c1-15-10-18(8-9-35-15)29(14-17-4-6-19(33-2)12-23(17)34-3)24-20-11-16(25(26)27)5-7-21(20)28-13-22(24)30(31)32/h4-7,11-13,15,18,25H,8-10,14H2,1-3H3/t15-,18?/m1/s1. The van der Waals surface area contributed by atoms with E-state index < -0.39 is 11.3 Å². The molecule has 0 saturated carbocycles. The Morgan fingerprint density at radius 2 is 2.03 bits per heavy atom. The van der Waals surface area contributed by atoms with Gasteiger partial charge in [-0.05, 0) is 44.0 Å². The highest BCUT2D eigenvalue weighted by Gasteiger charge is 2.32. The molecule has 4 rings (SSSR count). The van der Waals surface area contributed by atoms with E-state index in [1.54, 1.807) is 26.4 Å². The molecule has 1 aromatic heterocycles. The summed E-state index contributed by atoms with van der Waals surface area (Å²) >= 11 is 0. The molecule has 8 nitrogen and oxygen atoms in total. The highest BCUT2D eigenvalue weighted by atomic mass is 19.3. The van der Waals surface area contributed by atoms with Crippen molar-refractivity contribution in [3.8, 4) is 11.5 Å². The highest BCUT2D eigenvalue weighted by molar-refractivity contribution is 5.97. The van der Waals surface area contributed by atoms with Gasteiger partial charge in [0.2, 0.25) is 0 Å². The van der Waals surface area contributed by atoms with E-state index >= 15 is 0 Å². The maximum Gasteiger partial charge on any atom is 0.311 e. The van der Waals surface area contributed by atoms with E-state index in [0.29, 0.717) is 41.9 Å². The first-order chi connectivity index (χ1) is 16.8. The van der Waals surface area contributed by atoms with Crippen molar-refractivity contribution in [2.75, 3.05) is 25.7 Å². The summed E-state index contributed by atoms with van der Waals surface area (Å²) in [6.45, 7) is 2.69. The molecule has 0 bridgehead atoms. The average molecular weight is 488 g/mol. The maximum absolute atomic E-state index is 13.6. The normalized spacial score (nSPS) is 18.0. The lowest BCUT2D eigenvalue weighted by Gasteiger charge is -2.38. The predicted octanol–water partition coefficient (Wildman–Crippen LogP) is 5.67. The fourth-order valence-corrected chi connectivity index (χ4v) is 4.57. The third-order valence-corrected chi connectivity index (χ3v) is 6.31. The van der Waals surface area contributed by atoms with Crippen molar-refractivity contribution in [2.24, 2.45) is 0 Å². The lowest BCUT2D eigenvalue weighted by atomic mass is 9.98.